The third kappa shape index (κ3) is 3.91. The lowest BCUT2D eigenvalue weighted by Crippen LogP contribution is -2.02. The molecule has 0 unspecified atom stereocenters. The van der Waals surface area contributed by atoms with Crippen molar-refractivity contribution in [3.8, 4) is 0 Å². The predicted octanol–water partition coefficient (Wildman–Crippen LogP) is 4.75. The highest BCUT2D eigenvalue weighted by atomic mass is 35.5. The van der Waals surface area contributed by atoms with Gasteiger partial charge in [-0.05, 0) is 48.5 Å². The van der Waals surface area contributed by atoms with Crippen molar-refractivity contribution in [2.45, 2.75) is 9.92 Å². The Labute approximate surface area is 141 Å². The van der Waals surface area contributed by atoms with Crippen LogP contribution >= 0.6 is 23.4 Å². The molecule has 2 aromatic carbocycles. The topological polar surface area (TPSA) is 63.8 Å². The smallest absolute Gasteiger partial charge is 0.158 e. The first kappa shape index (κ1) is 15.6. The number of aromatic nitrogens is 2. The van der Waals surface area contributed by atoms with E-state index in [0.29, 0.717) is 27.2 Å². The molecule has 7 heteroatoms. The van der Waals surface area contributed by atoms with Gasteiger partial charge in [-0.3, -0.25) is 0 Å². The third-order valence-electron chi connectivity index (χ3n) is 2.98. The van der Waals surface area contributed by atoms with Crippen LogP contribution in [0.5, 0.6) is 0 Å². The summed E-state index contributed by atoms with van der Waals surface area (Å²) in [5, 5.41) is 4.36. The quantitative estimate of drug-likeness (QED) is 0.668. The van der Waals surface area contributed by atoms with Gasteiger partial charge in [0.15, 0.2) is 5.82 Å². The van der Waals surface area contributed by atoms with E-state index in [2.05, 4.69) is 15.3 Å². The molecule has 1 heterocycles. The van der Waals surface area contributed by atoms with Crippen LogP contribution in [0.2, 0.25) is 5.02 Å². The van der Waals surface area contributed by atoms with Crippen LogP contribution in [-0.2, 0) is 0 Å². The molecule has 0 spiro atoms. The summed E-state index contributed by atoms with van der Waals surface area (Å²) in [4.78, 5) is 9.31. The summed E-state index contributed by atoms with van der Waals surface area (Å²) in [5.74, 6) is 0.174. The van der Waals surface area contributed by atoms with E-state index in [1.807, 2.05) is 12.1 Å². The highest BCUT2D eigenvalue weighted by Gasteiger charge is 2.10. The van der Waals surface area contributed by atoms with E-state index >= 15 is 0 Å². The highest BCUT2D eigenvalue weighted by Crippen LogP contribution is 2.34. The summed E-state index contributed by atoms with van der Waals surface area (Å²) in [6.45, 7) is 0. The van der Waals surface area contributed by atoms with Crippen LogP contribution in [0.1, 0.15) is 0 Å². The summed E-state index contributed by atoms with van der Waals surface area (Å²) >= 11 is 7.29. The number of anilines is 3. The number of halogens is 2. The molecular weight excluding hydrogens is 335 g/mol. The van der Waals surface area contributed by atoms with Gasteiger partial charge >= 0.3 is 0 Å². The molecule has 0 atom stereocenters. The van der Waals surface area contributed by atoms with Gasteiger partial charge in [0.2, 0.25) is 0 Å². The summed E-state index contributed by atoms with van der Waals surface area (Å²) in [6, 6.07) is 13.3. The third-order valence-corrected chi connectivity index (χ3v) is 4.26. The molecule has 0 fully saturated rings. The number of hydrogen-bond acceptors (Lipinski definition) is 5. The molecule has 3 aromatic rings. The zero-order chi connectivity index (χ0) is 16.2. The van der Waals surface area contributed by atoms with Crippen molar-refractivity contribution >= 4 is 40.6 Å². The Bertz CT molecular complexity index is 744. The lowest BCUT2D eigenvalue weighted by Gasteiger charge is -2.11. The average Bonchev–Trinajstić information content (AvgIpc) is 2.55. The van der Waals surface area contributed by atoms with E-state index in [9.17, 15) is 4.39 Å². The van der Waals surface area contributed by atoms with Gasteiger partial charge in [-0.1, -0.05) is 23.4 Å². The van der Waals surface area contributed by atoms with Crippen molar-refractivity contribution in [1.82, 2.24) is 9.97 Å². The second-order valence-electron chi connectivity index (χ2n) is 4.63. The molecular formula is C16H12ClFN4S. The average molecular weight is 347 g/mol. The van der Waals surface area contributed by atoms with Gasteiger partial charge in [-0.15, -0.1) is 0 Å². The van der Waals surface area contributed by atoms with Crippen LogP contribution < -0.4 is 11.1 Å². The highest BCUT2D eigenvalue weighted by molar-refractivity contribution is 7.99. The van der Waals surface area contributed by atoms with Gasteiger partial charge in [0.25, 0.3) is 0 Å². The molecule has 116 valence electrons. The first-order chi connectivity index (χ1) is 11.1. The number of nitrogens with two attached hydrogens (primary N) is 1. The van der Waals surface area contributed by atoms with E-state index in [4.69, 9.17) is 17.3 Å². The molecule has 0 saturated carbocycles. The van der Waals surface area contributed by atoms with E-state index < -0.39 is 0 Å². The Morgan fingerprint density at radius 2 is 1.70 bits per heavy atom. The van der Waals surface area contributed by atoms with E-state index in [1.54, 1.807) is 24.3 Å². The Hall–Kier alpha value is -2.31. The molecule has 0 aliphatic heterocycles. The molecule has 1 aromatic heterocycles. The van der Waals surface area contributed by atoms with Gasteiger partial charge in [0, 0.05) is 15.6 Å². The van der Waals surface area contributed by atoms with Gasteiger partial charge in [-0.25, -0.2) is 14.4 Å². The van der Waals surface area contributed by atoms with Crippen LogP contribution in [0.4, 0.5) is 21.6 Å². The maximum absolute atomic E-state index is 12.9. The van der Waals surface area contributed by atoms with Crippen molar-refractivity contribution in [2.75, 3.05) is 11.1 Å². The van der Waals surface area contributed by atoms with Crippen LogP contribution in [0, 0.1) is 5.82 Å². The molecule has 0 aliphatic rings. The zero-order valence-corrected chi connectivity index (χ0v) is 13.4. The van der Waals surface area contributed by atoms with Gasteiger partial charge in [0.05, 0.1) is 0 Å². The number of nitrogens with one attached hydrogen (secondary N) is 1. The van der Waals surface area contributed by atoms with Crippen molar-refractivity contribution < 1.29 is 4.39 Å². The van der Waals surface area contributed by atoms with E-state index in [0.717, 1.165) is 4.90 Å². The SMILES string of the molecule is Nc1c(Nc2ccc(F)cc2)ncnc1Sc1ccc(Cl)cc1. The Morgan fingerprint density at radius 1 is 1.00 bits per heavy atom. The first-order valence-electron chi connectivity index (χ1n) is 6.68. The number of rotatable bonds is 4. The largest absolute Gasteiger partial charge is 0.394 e. The molecule has 0 bridgehead atoms. The molecule has 4 nitrogen and oxygen atoms in total. The zero-order valence-electron chi connectivity index (χ0n) is 11.8. The number of hydrogen-bond donors (Lipinski definition) is 2. The van der Waals surface area contributed by atoms with E-state index in [1.165, 1.54) is 30.2 Å². The number of nitrogen functional groups attached to an aromatic ring is 1. The molecule has 0 saturated heterocycles. The second-order valence-corrected chi connectivity index (χ2v) is 6.13. The molecule has 3 rings (SSSR count). The molecule has 0 radical (unpaired) electrons. The maximum Gasteiger partial charge on any atom is 0.158 e. The fourth-order valence-corrected chi connectivity index (χ4v) is 2.77. The van der Waals surface area contributed by atoms with E-state index in [-0.39, 0.29) is 5.82 Å². The Morgan fingerprint density at radius 3 is 2.39 bits per heavy atom. The minimum absolute atomic E-state index is 0.301. The normalized spacial score (nSPS) is 10.5. The molecule has 3 N–H and O–H groups in total. The summed E-state index contributed by atoms with van der Waals surface area (Å²) in [7, 11) is 0. The first-order valence-corrected chi connectivity index (χ1v) is 7.88. The summed E-state index contributed by atoms with van der Waals surface area (Å²) in [6.07, 6.45) is 1.43. The Kier molecular flexibility index (Phi) is 4.64. The lowest BCUT2D eigenvalue weighted by atomic mass is 10.3. The van der Waals surface area contributed by atoms with Crippen LogP contribution in [-0.4, -0.2) is 9.97 Å². The van der Waals surface area contributed by atoms with Gasteiger partial charge in [0.1, 0.15) is 22.9 Å². The minimum Gasteiger partial charge on any atom is -0.394 e. The van der Waals surface area contributed by atoms with Crippen molar-refractivity contribution in [3.63, 3.8) is 0 Å². The van der Waals surface area contributed by atoms with Crippen LogP contribution in [0.25, 0.3) is 0 Å². The predicted molar refractivity (Wildman–Crippen MR) is 91.7 cm³/mol. The van der Waals surface area contributed by atoms with Crippen LogP contribution in [0.3, 0.4) is 0 Å². The molecule has 0 amide bonds. The maximum atomic E-state index is 12.9. The van der Waals surface area contributed by atoms with Crippen molar-refractivity contribution in [2.24, 2.45) is 0 Å². The Balaban J connectivity index is 1.83. The van der Waals surface area contributed by atoms with Gasteiger partial charge < -0.3 is 11.1 Å². The number of nitrogens with zero attached hydrogens (tertiary/aromatic N) is 2. The lowest BCUT2D eigenvalue weighted by molar-refractivity contribution is 0.628. The second kappa shape index (κ2) is 6.85. The standard InChI is InChI=1S/C16H12ClFN4S/c17-10-1-7-13(8-2-10)23-16-14(19)15(20-9-21-16)22-12-5-3-11(18)4-6-12/h1-9H,19H2,(H,20,21,22). The molecule has 23 heavy (non-hydrogen) atoms. The summed E-state index contributed by atoms with van der Waals surface area (Å²) in [5.41, 5.74) is 7.25. The fraction of sp³-hybridized carbons (Fsp3) is 0. The van der Waals surface area contributed by atoms with Crippen molar-refractivity contribution in [3.05, 3.63) is 65.7 Å². The minimum atomic E-state index is -0.301. The fourth-order valence-electron chi connectivity index (χ4n) is 1.84. The molecule has 0 aliphatic carbocycles. The number of benzene rings is 2. The van der Waals surface area contributed by atoms with Crippen molar-refractivity contribution in [1.29, 1.82) is 0 Å². The summed E-state index contributed by atoms with van der Waals surface area (Å²) < 4.78 is 12.9. The van der Waals surface area contributed by atoms with Crippen LogP contribution in [0.15, 0.2) is 64.8 Å². The van der Waals surface area contributed by atoms with Gasteiger partial charge in [-0.2, -0.15) is 0 Å². The monoisotopic (exact) mass is 346 g/mol.